The molecule has 0 saturated carbocycles. The van der Waals surface area contributed by atoms with Crippen molar-refractivity contribution in [2.45, 2.75) is 25.7 Å². The molecule has 1 aromatic rings. The zero-order valence-electron chi connectivity index (χ0n) is 13.2. The second kappa shape index (κ2) is 8.05. The number of carbonyl (C=O) groups is 3. The first kappa shape index (κ1) is 18.1. The van der Waals surface area contributed by atoms with Crippen LogP contribution in [0.1, 0.15) is 36.0 Å². The van der Waals surface area contributed by atoms with Gasteiger partial charge >= 0.3 is 0 Å². The number of rotatable bonds is 6. The van der Waals surface area contributed by atoms with Crippen molar-refractivity contribution >= 4 is 27.4 Å². The van der Waals surface area contributed by atoms with Gasteiger partial charge in [-0.3, -0.25) is 25.2 Å². The number of hydrogen-bond donors (Lipinski definition) is 2. The quantitative estimate of drug-likeness (QED) is 0.576. The van der Waals surface area contributed by atoms with Gasteiger partial charge in [0.2, 0.25) is 11.8 Å². The largest absolute Gasteiger partial charge is 0.294 e. The third-order valence-corrected chi connectivity index (χ3v) is 5.65. The summed E-state index contributed by atoms with van der Waals surface area (Å²) in [5.41, 5.74) is 5.04. The van der Waals surface area contributed by atoms with Crippen molar-refractivity contribution in [3.05, 3.63) is 35.9 Å². The Kier molecular flexibility index (Phi) is 6.08. The Morgan fingerprint density at radius 2 is 1.67 bits per heavy atom. The number of hydrogen-bond acceptors (Lipinski definition) is 5. The molecule has 1 aromatic carbocycles. The highest BCUT2D eigenvalue weighted by Crippen LogP contribution is 2.21. The third kappa shape index (κ3) is 5.77. The lowest BCUT2D eigenvalue weighted by Gasteiger charge is -2.09. The Labute approximate surface area is 140 Å². The number of amides is 2. The van der Waals surface area contributed by atoms with Gasteiger partial charge in [-0.05, 0) is 12.3 Å². The first-order valence-corrected chi connectivity index (χ1v) is 9.54. The van der Waals surface area contributed by atoms with Crippen LogP contribution in [0.15, 0.2) is 30.3 Å². The number of hydrazine groups is 1. The van der Waals surface area contributed by atoms with Crippen molar-refractivity contribution in [3.8, 4) is 0 Å². The smallest absolute Gasteiger partial charge is 0.238 e. The van der Waals surface area contributed by atoms with E-state index >= 15 is 0 Å². The van der Waals surface area contributed by atoms with E-state index in [-0.39, 0.29) is 42.5 Å². The van der Waals surface area contributed by atoms with Crippen LogP contribution in [0.25, 0.3) is 0 Å². The number of benzene rings is 1. The highest BCUT2D eigenvalue weighted by atomic mass is 32.2. The molecule has 0 bridgehead atoms. The summed E-state index contributed by atoms with van der Waals surface area (Å²) in [6.07, 6.45) is 0.538. The summed E-state index contributed by atoms with van der Waals surface area (Å²) < 4.78 is 22.6. The molecule has 1 fully saturated rings. The van der Waals surface area contributed by atoms with Gasteiger partial charge in [-0.2, -0.15) is 0 Å². The van der Waals surface area contributed by atoms with Gasteiger partial charge in [0.05, 0.1) is 11.5 Å². The van der Waals surface area contributed by atoms with Gasteiger partial charge in [0.25, 0.3) is 0 Å². The fourth-order valence-corrected chi connectivity index (χ4v) is 4.41. The molecule has 1 aliphatic rings. The van der Waals surface area contributed by atoms with Gasteiger partial charge < -0.3 is 0 Å². The van der Waals surface area contributed by atoms with Crippen LogP contribution in [0, 0.1) is 5.92 Å². The number of sulfone groups is 1. The van der Waals surface area contributed by atoms with E-state index in [0.29, 0.717) is 12.0 Å². The van der Waals surface area contributed by atoms with Crippen molar-refractivity contribution in [2.75, 3.05) is 11.5 Å². The van der Waals surface area contributed by atoms with Gasteiger partial charge in [-0.1, -0.05) is 30.3 Å². The van der Waals surface area contributed by atoms with Crippen molar-refractivity contribution in [3.63, 3.8) is 0 Å². The normalized spacial score (nSPS) is 18.8. The van der Waals surface area contributed by atoms with E-state index in [9.17, 15) is 22.8 Å². The molecule has 0 aromatic heterocycles. The maximum atomic E-state index is 11.9. The number of nitrogens with one attached hydrogen (secondary N) is 2. The Bertz CT molecular complexity index is 715. The predicted octanol–water partition coefficient (Wildman–Crippen LogP) is 0.622. The second-order valence-electron chi connectivity index (χ2n) is 5.86. The summed E-state index contributed by atoms with van der Waals surface area (Å²) in [7, 11) is -3.02. The van der Waals surface area contributed by atoms with Crippen molar-refractivity contribution < 1.29 is 22.8 Å². The van der Waals surface area contributed by atoms with E-state index < -0.39 is 21.7 Å². The molecule has 2 amide bonds. The molecule has 7 nitrogen and oxygen atoms in total. The molecule has 24 heavy (non-hydrogen) atoms. The maximum Gasteiger partial charge on any atom is 0.238 e. The molecule has 1 heterocycles. The van der Waals surface area contributed by atoms with Crippen LogP contribution in [-0.4, -0.2) is 37.5 Å². The van der Waals surface area contributed by atoms with E-state index in [1.807, 2.05) is 0 Å². The van der Waals surface area contributed by atoms with Gasteiger partial charge in [0.15, 0.2) is 15.6 Å². The minimum Gasteiger partial charge on any atom is -0.294 e. The average Bonchev–Trinajstić information content (AvgIpc) is 2.90. The van der Waals surface area contributed by atoms with Crippen LogP contribution >= 0.6 is 0 Å². The van der Waals surface area contributed by atoms with Gasteiger partial charge in [0, 0.05) is 24.8 Å². The number of ketones is 1. The minimum atomic E-state index is -3.02. The lowest BCUT2D eigenvalue weighted by atomic mass is 10.1. The van der Waals surface area contributed by atoms with Crippen LogP contribution in [-0.2, 0) is 19.4 Å². The zero-order valence-corrected chi connectivity index (χ0v) is 14.0. The second-order valence-corrected chi connectivity index (χ2v) is 8.09. The molecule has 0 spiro atoms. The summed E-state index contributed by atoms with van der Waals surface area (Å²) in [4.78, 5) is 35.2. The molecule has 0 radical (unpaired) electrons. The first-order chi connectivity index (χ1) is 11.4. The Balaban J connectivity index is 1.66. The summed E-state index contributed by atoms with van der Waals surface area (Å²) in [6.45, 7) is 0. The summed E-state index contributed by atoms with van der Waals surface area (Å²) >= 11 is 0. The van der Waals surface area contributed by atoms with E-state index in [1.54, 1.807) is 30.3 Å². The van der Waals surface area contributed by atoms with Gasteiger partial charge in [-0.15, -0.1) is 0 Å². The monoisotopic (exact) mass is 352 g/mol. The average molecular weight is 352 g/mol. The van der Waals surface area contributed by atoms with E-state index in [4.69, 9.17) is 0 Å². The molecule has 1 aliphatic heterocycles. The van der Waals surface area contributed by atoms with E-state index in [0.717, 1.165) is 0 Å². The van der Waals surface area contributed by atoms with Crippen molar-refractivity contribution in [2.24, 2.45) is 5.92 Å². The van der Waals surface area contributed by atoms with Crippen molar-refractivity contribution in [1.82, 2.24) is 10.9 Å². The summed E-state index contributed by atoms with van der Waals surface area (Å²) in [6, 6.07) is 8.65. The third-order valence-electron chi connectivity index (χ3n) is 3.82. The molecule has 2 N–H and O–H groups in total. The van der Waals surface area contributed by atoms with E-state index in [1.165, 1.54) is 0 Å². The van der Waals surface area contributed by atoms with Gasteiger partial charge in [0.1, 0.15) is 0 Å². The zero-order chi connectivity index (χ0) is 17.6. The minimum absolute atomic E-state index is 0.0138. The Hall–Kier alpha value is -2.22. The maximum absolute atomic E-state index is 11.9. The summed E-state index contributed by atoms with van der Waals surface area (Å²) in [5, 5.41) is 0. The van der Waals surface area contributed by atoms with Crippen LogP contribution in [0.3, 0.4) is 0 Å². The van der Waals surface area contributed by atoms with Crippen LogP contribution in [0.2, 0.25) is 0 Å². The molecule has 0 unspecified atom stereocenters. The first-order valence-electron chi connectivity index (χ1n) is 7.72. The highest BCUT2D eigenvalue weighted by molar-refractivity contribution is 7.91. The molecular formula is C16H20N2O5S. The van der Waals surface area contributed by atoms with Crippen LogP contribution in [0.5, 0.6) is 0 Å². The molecular weight excluding hydrogens is 332 g/mol. The van der Waals surface area contributed by atoms with Crippen molar-refractivity contribution in [1.29, 1.82) is 0 Å². The van der Waals surface area contributed by atoms with E-state index in [2.05, 4.69) is 10.9 Å². The number of Topliss-reactive ketones (excluding diaryl/α,β-unsaturated/α-hetero) is 1. The molecule has 130 valence electrons. The lowest BCUT2D eigenvalue weighted by Crippen LogP contribution is -2.42. The fraction of sp³-hybridized carbons (Fsp3) is 0.438. The predicted molar refractivity (Wildman–Crippen MR) is 87.7 cm³/mol. The number of carbonyl (C=O) groups excluding carboxylic acids is 3. The van der Waals surface area contributed by atoms with Crippen LogP contribution in [0.4, 0.5) is 0 Å². The molecule has 1 saturated heterocycles. The highest BCUT2D eigenvalue weighted by Gasteiger charge is 2.29. The topological polar surface area (TPSA) is 109 Å². The molecule has 2 rings (SSSR count). The lowest BCUT2D eigenvalue weighted by molar-refractivity contribution is -0.129. The fourth-order valence-electron chi connectivity index (χ4n) is 2.54. The molecule has 8 heteroatoms. The standard InChI is InChI=1S/C16H20N2O5S/c19-14(13-4-2-1-3-5-13)6-7-15(20)17-18-16(21)10-12-8-9-24(22,23)11-12/h1-5,12H,6-11H2,(H,17,20)(H,18,21)/t12-/m0/s1. The Morgan fingerprint density at radius 1 is 1.00 bits per heavy atom. The molecule has 0 aliphatic carbocycles. The molecule has 1 atom stereocenters. The Morgan fingerprint density at radius 3 is 2.29 bits per heavy atom. The van der Waals surface area contributed by atoms with Crippen LogP contribution < -0.4 is 10.9 Å². The summed E-state index contributed by atoms with van der Waals surface area (Å²) in [5.74, 6) is -1.12. The van der Waals surface area contributed by atoms with Gasteiger partial charge in [-0.25, -0.2) is 8.42 Å². The SMILES string of the molecule is O=C(CCC(=O)c1ccccc1)NNC(=O)C[C@@H]1CCS(=O)(=O)C1.